The molecule has 3 rings (SSSR count). The molecule has 0 bridgehead atoms. The second-order valence-corrected chi connectivity index (χ2v) is 5.68. The molecule has 0 saturated heterocycles. The van der Waals surface area contributed by atoms with Crippen molar-refractivity contribution in [2.75, 3.05) is 5.32 Å². The Kier molecular flexibility index (Phi) is 3.65. The normalized spacial score (nSPS) is 12.5. The molecule has 1 heterocycles. The average Bonchev–Trinajstić information content (AvgIpc) is 2.85. The Morgan fingerprint density at radius 3 is 2.70 bits per heavy atom. The Morgan fingerprint density at radius 2 is 1.90 bits per heavy atom. The van der Waals surface area contributed by atoms with Gasteiger partial charge in [-0.05, 0) is 54.7 Å². The molecule has 20 heavy (non-hydrogen) atoms. The van der Waals surface area contributed by atoms with Gasteiger partial charge in [0.05, 0.1) is 5.52 Å². The van der Waals surface area contributed by atoms with Crippen LogP contribution in [0.25, 0.3) is 10.9 Å². The maximum absolute atomic E-state index is 12.9. The third-order valence-corrected chi connectivity index (χ3v) is 4.02. The van der Waals surface area contributed by atoms with Gasteiger partial charge >= 0.3 is 0 Å². The Morgan fingerprint density at radius 1 is 1.15 bits per heavy atom. The molecule has 3 aromatic rings. The van der Waals surface area contributed by atoms with Gasteiger partial charge in [-0.3, -0.25) is 0 Å². The highest BCUT2D eigenvalue weighted by Crippen LogP contribution is 2.28. The standard InChI is InChI=1S/C16H15FN2S/c1-11(10-12-6-8-13(17)9-7-12)18-16-14-4-2-3-5-15(14)19-20-16/h2-9,11,18H,10H2,1H3. The van der Waals surface area contributed by atoms with Crippen LogP contribution in [-0.4, -0.2) is 10.4 Å². The number of hydrogen-bond acceptors (Lipinski definition) is 3. The second-order valence-electron chi connectivity index (χ2n) is 4.90. The highest BCUT2D eigenvalue weighted by Gasteiger charge is 2.09. The Balaban J connectivity index is 1.72. The van der Waals surface area contributed by atoms with E-state index in [0.29, 0.717) is 0 Å². The molecule has 4 heteroatoms. The Bertz CT molecular complexity index is 706. The van der Waals surface area contributed by atoms with E-state index >= 15 is 0 Å². The summed E-state index contributed by atoms with van der Waals surface area (Å²) in [6.45, 7) is 2.12. The van der Waals surface area contributed by atoms with E-state index in [2.05, 4.69) is 22.7 Å². The number of halogens is 1. The summed E-state index contributed by atoms with van der Waals surface area (Å²) in [7, 11) is 0. The summed E-state index contributed by atoms with van der Waals surface area (Å²) < 4.78 is 17.3. The number of rotatable bonds is 4. The largest absolute Gasteiger partial charge is 0.372 e. The molecule has 0 aliphatic carbocycles. The first-order valence-corrected chi connectivity index (χ1v) is 7.35. The van der Waals surface area contributed by atoms with E-state index in [-0.39, 0.29) is 11.9 Å². The van der Waals surface area contributed by atoms with Gasteiger partial charge in [0.25, 0.3) is 0 Å². The SMILES string of the molecule is CC(Cc1ccc(F)cc1)Nc1snc2ccccc12. The van der Waals surface area contributed by atoms with Crippen molar-refractivity contribution < 1.29 is 4.39 Å². The zero-order valence-corrected chi connectivity index (χ0v) is 12.0. The molecule has 1 N–H and O–H groups in total. The van der Waals surface area contributed by atoms with Crippen molar-refractivity contribution in [1.29, 1.82) is 0 Å². The predicted octanol–water partition coefficient (Wildman–Crippen LogP) is 4.48. The molecule has 0 saturated carbocycles. The number of aromatic nitrogens is 1. The molecule has 102 valence electrons. The van der Waals surface area contributed by atoms with Crippen LogP contribution in [0, 0.1) is 5.82 Å². The highest BCUT2D eigenvalue weighted by molar-refractivity contribution is 7.11. The lowest BCUT2D eigenvalue weighted by Crippen LogP contribution is -2.17. The zero-order valence-electron chi connectivity index (χ0n) is 11.1. The first-order chi connectivity index (χ1) is 9.72. The molecule has 0 aliphatic rings. The number of nitrogens with zero attached hydrogens (tertiary/aromatic N) is 1. The van der Waals surface area contributed by atoms with Crippen LogP contribution >= 0.6 is 11.5 Å². The van der Waals surface area contributed by atoms with E-state index in [4.69, 9.17) is 0 Å². The average molecular weight is 286 g/mol. The van der Waals surface area contributed by atoms with Crippen molar-refractivity contribution >= 4 is 27.4 Å². The summed E-state index contributed by atoms with van der Waals surface area (Å²) in [5, 5.41) is 5.74. The number of fused-ring (bicyclic) bond motifs is 1. The number of benzene rings is 2. The van der Waals surface area contributed by atoms with Gasteiger partial charge in [0.15, 0.2) is 0 Å². The van der Waals surface area contributed by atoms with Gasteiger partial charge in [-0.1, -0.05) is 24.3 Å². The predicted molar refractivity (Wildman–Crippen MR) is 82.8 cm³/mol. The molecule has 1 aromatic heterocycles. The van der Waals surface area contributed by atoms with Crippen molar-refractivity contribution in [3.05, 3.63) is 59.9 Å². The summed E-state index contributed by atoms with van der Waals surface area (Å²) in [6, 6.07) is 15.0. The van der Waals surface area contributed by atoms with Gasteiger partial charge in [-0.25, -0.2) is 4.39 Å². The maximum atomic E-state index is 12.9. The number of nitrogens with one attached hydrogen (secondary N) is 1. The van der Waals surface area contributed by atoms with E-state index in [1.54, 1.807) is 0 Å². The summed E-state index contributed by atoms with van der Waals surface area (Å²) in [6.07, 6.45) is 0.854. The quantitative estimate of drug-likeness (QED) is 0.765. The lowest BCUT2D eigenvalue weighted by Gasteiger charge is -2.13. The van der Waals surface area contributed by atoms with E-state index in [1.807, 2.05) is 30.3 Å². The number of anilines is 1. The molecule has 1 unspecified atom stereocenters. The van der Waals surface area contributed by atoms with Crippen LogP contribution < -0.4 is 5.32 Å². The van der Waals surface area contributed by atoms with Crippen molar-refractivity contribution in [1.82, 2.24) is 4.37 Å². The van der Waals surface area contributed by atoms with Crippen LogP contribution in [0.5, 0.6) is 0 Å². The molecule has 1 atom stereocenters. The molecule has 0 radical (unpaired) electrons. The maximum Gasteiger partial charge on any atom is 0.123 e. The highest BCUT2D eigenvalue weighted by atomic mass is 32.1. The summed E-state index contributed by atoms with van der Waals surface area (Å²) in [5.74, 6) is -0.192. The molecular formula is C16H15FN2S. The fraction of sp³-hybridized carbons (Fsp3) is 0.188. The first kappa shape index (κ1) is 13.1. The van der Waals surface area contributed by atoms with Crippen LogP contribution in [0.1, 0.15) is 12.5 Å². The van der Waals surface area contributed by atoms with Crippen LogP contribution in [0.15, 0.2) is 48.5 Å². The van der Waals surface area contributed by atoms with E-state index in [9.17, 15) is 4.39 Å². The molecule has 0 fully saturated rings. The van der Waals surface area contributed by atoms with Gasteiger partial charge in [0.2, 0.25) is 0 Å². The van der Waals surface area contributed by atoms with Crippen molar-refractivity contribution in [3.63, 3.8) is 0 Å². The second kappa shape index (κ2) is 5.59. The fourth-order valence-electron chi connectivity index (χ4n) is 2.24. The van der Waals surface area contributed by atoms with E-state index < -0.39 is 0 Å². The van der Waals surface area contributed by atoms with Gasteiger partial charge in [0.1, 0.15) is 10.8 Å². The van der Waals surface area contributed by atoms with E-state index in [0.717, 1.165) is 27.9 Å². The lowest BCUT2D eigenvalue weighted by atomic mass is 10.1. The van der Waals surface area contributed by atoms with Gasteiger partial charge in [-0.15, -0.1) is 0 Å². The Labute approximate surface area is 121 Å². The minimum absolute atomic E-state index is 0.192. The first-order valence-electron chi connectivity index (χ1n) is 6.58. The minimum Gasteiger partial charge on any atom is -0.372 e. The Hall–Kier alpha value is -1.94. The van der Waals surface area contributed by atoms with Crippen LogP contribution in [-0.2, 0) is 6.42 Å². The van der Waals surface area contributed by atoms with Crippen molar-refractivity contribution in [2.24, 2.45) is 0 Å². The topological polar surface area (TPSA) is 24.9 Å². The fourth-order valence-corrected chi connectivity index (χ4v) is 3.12. The van der Waals surface area contributed by atoms with Crippen molar-refractivity contribution in [3.8, 4) is 0 Å². The van der Waals surface area contributed by atoms with Gasteiger partial charge < -0.3 is 5.32 Å². The smallest absolute Gasteiger partial charge is 0.123 e. The van der Waals surface area contributed by atoms with Gasteiger partial charge in [0, 0.05) is 11.4 Å². The lowest BCUT2D eigenvalue weighted by molar-refractivity contribution is 0.626. The summed E-state index contributed by atoms with van der Waals surface area (Å²) in [5.41, 5.74) is 2.15. The van der Waals surface area contributed by atoms with Crippen LogP contribution in [0.3, 0.4) is 0 Å². The zero-order chi connectivity index (χ0) is 13.9. The minimum atomic E-state index is -0.192. The molecule has 0 spiro atoms. The van der Waals surface area contributed by atoms with Crippen molar-refractivity contribution in [2.45, 2.75) is 19.4 Å². The van der Waals surface area contributed by atoms with Crippen LogP contribution in [0.2, 0.25) is 0 Å². The molecular weight excluding hydrogens is 271 g/mol. The number of hydrogen-bond donors (Lipinski definition) is 1. The molecule has 0 amide bonds. The summed E-state index contributed by atoms with van der Waals surface area (Å²) in [4.78, 5) is 0. The summed E-state index contributed by atoms with van der Waals surface area (Å²) >= 11 is 1.48. The molecule has 2 nitrogen and oxygen atoms in total. The molecule has 0 aliphatic heterocycles. The van der Waals surface area contributed by atoms with Gasteiger partial charge in [-0.2, -0.15) is 4.37 Å². The third-order valence-electron chi connectivity index (χ3n) is 3.22. The molecule has 2 aromatic carbocycles. The van der Waals surface area contributed by atoms with Crippen LogP contribution in [0.4, 0.5) is 9.39 Å². The third kappa shape index (κ3) is 2.80. The van der Waals surface area contributed by atoms with E-state index in [1.165, 1.54) is 23.7 Å². The monoisotopic (exact) mass is 286 g/mol.